The first-order chi connectivity index (χ1) is 24.6. The Morgan fingerprint density at radius 1 is 0.627 bits per heavy atom. The quantitative estimate of drug-likeness (QED) is 0.125. The van der Waals surface area contributed by atoms with Crippen molar-refractivity contribution in [2.45, 2.75) is 30.8 Å². The van der Waals surface area contributed by atoms with E-state index in [9.17, 15) is 4.79 Å². The number of carbonyl (C=O) groups excluding carboxylic acids is 4. The van der Waals surface area contributed by atoms with E-state index in [0.29, 0.717) is 32.3 Å². The first-order valence-corrected chi connectivity index (χ1v) is 17.5. The Morgan fingerprint density at radius 2 is 1.08 bits per heavy atom. The number of anilines is 1. The number of hydrogen-bond acceptors (Lipinski definition) is 5. The third-order valence-corrected chi connectivity index (χ3v) is 10.9. The second kappa shape index (κ2) is 12.2. The molecule has 5 aromatic rings. The smallest absolute Gasteiger partial charge is 0.338 e. The van der Waals surface area contributed by atoms with Crippen LogP contribution in [0.3, 0.4) is 0 Å². The van der Waals surface area contributed by atoms with Crippen LogP contribution in [0.2, 0.25) is 10.0 Å². The monoisotopic (exact) mass is 711 g/mol. The zero-order chi connectivity index (χ0) is 35.7. The molecular weight excluding hydrogens is 681 g/mol. The van der Waals surface area contributed by atoms with Crippen LogP contribution in [0, 0.1) is 11.8 Å². The van der Waals surface area contributed by atoms with Crippen LogP contribution in [0.15, 0.2) is 133 Å². The maximum atomic E-state index is 16.1. The highest BCUT2D eigenvalue weighted by atomic mass is 35.5. The standard InChI is InChI=1S/C43H31Cl2NO5/c1-25(2)51-40(49)28-14-9-15-33(24-28)46-38(47)36-37(39(46)48)43(30-18-22-32(45)23-19-30)35(27-12-7-4-8-13-27)34(26-10-5-3-6-11-26)42(36,41(43)50)29-16-20-31(44)21-17-29/h3-25,36-37H,1-2H3/t36-,37-,42-,43-/m0/s1. The van der Waals surface area contributed by atoms with Crippen molar-refractivity contribution in [1.82, 2.24) is 0 Å². The molecule has 0 radical (unpaired) electrons. The van der Waals surface area contributed by atoms with Gasteiger partial charge in [0, 0.05) is 10.0 Å². The van der Waals surface area contributed by atoms with Gasteiger partial charge in [0.1, 0.15) is 0 Å². The predicted molar refractivity (Wildman–Crippen MR) is 197 cm³/mol. The van der Waals surface area contributed by atoms with Crippen LogP contribution in [0.1, 0.15) is 46.5 Å². The third-order valence-electron chi connectivity index (χ3n) is 10.4. The molecule has 0 unspecified atom stereocenters. The Bertz CT molecular complexity index is 2140. The van der Waals surface area contributed by atoms with Crippen molar-refractivity contribution in [3.8, 4) is 0 Å². The molecule has 3 aliphatic rings. The summed E-state index contributed by atoms with van der Waals surface area (Å²) in [5, 5.41) is 0.932. The van der Waals surface area contributed by atoms with Gasteiger partial charge in [0.15, 0.2) is 5.78 Å². The number of allylic oxidation sites excluding steroid dienone is 2. The molecule has 1 heterocycles. The van der Waals surface area contributed by atoms with Crippen molar-refractivity contribution in [3.05, 3.63) is 171 Å². The van der Waals surface area contributed by atoms with Gasteiger partial charge in [0.2, 0.25) is 11.8 Å². The summed E-state index contributed by atoms with van der Waals surface area (Å²) in [6, 6.07) is 39.5. The van der Waals surface area contributed by atoms with Gasteiger partial charge in [-0.1, -0.05) is 114 Å². The lowest BCUT2D eigenvalue weighted by atomic mass is 9.59. The Labute approximate surface area is 305 Å². The summed E-state index contributed by atoms with van der Waals surface area (Å²) in [4.78, 5) is 60.7. The number of imide groups is 1. The summed E-state index contributed by atoms with van der Waals surface area (Å²) in [5.74, 6) is -4.16. The van der Waals surface area contributed by atoms with Crippen molar-refractivity contribution < 1.29 is 23.9 Å². The van der Waals surface area contributed by atoms with Crippen LogP contribution in [0.4, 0.5) is 5.69 Å². The minimum atomic E-state index is -1.60. The van der Waals surface area contributed by atoms with Crippen LogP contribution in [-0.2, 0) is 30.0 Å². The molecule has 5 aromatic carbocycles. The van der Waals surface area contributed by atoms with Gasteiger partial charge in [-0.2, -0.15) is 0 Å². The van der Waals surface area contributed by atoms with E-state index in [0.717, 1.165) is 16.0 Å². The van der Waals surface area contributed by atoms with Crippen molar-refractivity contribution >= 4 is 63.6 Å². The highest BCUT2D eigenvalue weighted by Gasteiger charge is 2.82. The van der Waals surface area contributed by atoms with Gasteiger partial charge in [-0.15, -0.1) is 0 Å². The minimum Gasteiger partial charge on any atom is -0.459 e. The number of halogens is 2. The average molecular weight is 713 g/mol. The van der Waals surface area contributed by atoms with E-state index < -0.39 is 40.4 Å². The van der Waals surface area contributed by atoms with Gasteiger partial charge in [0.25, 0.3) is 0 Å². The number of ketones is 1. The lowest BCUT2D eigenvalue weighted by Crippen LogP contribution is -2.45. The number of fused-ring (bicyclic) bond motifs is 5. The molecular formula is C43H31Cl2NO5. The molecule has 1 saturated heterocycles. The van der Waals surface area contributed by atoms with E-state index in [2.05, 4.69) is 0 Å². The molecule has 8 rings (SSSR count). The van der Waals surface area contributed by atoms with Gasteiger partial charge in [0.05, 0.1) is 40.0 Å². The van der Waals surface area contributed by atoms with E-state index in [1.165, 1.54) is 6.07 Å². The van der Waals surface area contributed by atoms with Crippen molar-refractivity contribution in [2.75, 3.05) is 4.90 Å². The maximum Gasteiger partial charge on any atom is 0.338 e. The maximum absolute atomic E-state index is 16.1. The molecule has 8 heteroatoms. The molecule has 2 bridgehead atoms. The van der Waals surface area contributed by atoms with E-state index in [1.807, 2.05) is 60.7 Å². The number of Topliss-reactive ketones (excluding diaryl/α,β-unsaturated/α-hetero) is 1. The highest BCUT2D eigenvalue weighted by molar-refractivity contribution is 6.39. The number of benzene rings is 5. The Kier molecular flexibility index (Phi) is 7.86. The van der Waals surface area contributed by atoms with Crippen LogP contribution in [0.25, 0.3) is 11.1 Å². The number of ether oxygens (including phenoxy) is 1. The Balaban J connectivity index is 1.48. The topological polar surface area (TPSA) is 80.8 Å². The highest BCUT2D eigenvalue weighted by Crippen LogP contribution is 2.74. The molecule has 6 nitrogen and oxygen atoms in total. The number of rotatable bonds is 7. The Morgan fingerprint density at radius 3 is 1.51 bits per heavy atom. The van der Waals surface area contributed by atoms with E-state index in [4.69, 9.17) is 27.9 Å². The van der Waals surface area contributed by atoms with Crippen molar-refractivity contribution in [3.63, 3.8) is 0 Å². The second-order valence-corrected chi connectivity index (χ2v) is 14.3. The molecule has 1 aliphatic heterocycles. The summed E-state index contributed by atoms with van der Waals surface area (Å²) in [6.45, 7) is 3.49. The van der Waals surface area contributed by atoms with Gasteiger partial charge in [-0.25, -0.2) is 9.69 Å². The predicted octanol–water partition coefficient (Wildman–Crippen LogP) is 8.75. The van der Waals surface area contributed by atoms with Gasteiger partial charge >= 0.3 is 5.97 Å². The van der Waals surface area contributed by atoms with Gasteiger partial charge in [-0.3, -0.25) is 14.4 Å². The van der Waals surface area contributed by atoms with Crippen molar-refractivity contribution in [2.24, 2.45) is 11.8 Å². The summed E-state index contributed by atoms with van der Waals surface area (Å²) in [7, 11) is 0. The fourth-order valence-corrected chi connectivity index (χ4v) is 8.92. The first-order valence-electron chi connectivity index (χ1n) is 16.7. The molecule has 2 aliphatic carbocycles. The molecule has 1 saturated carbocycles. The van der Waals surface area contributed by atoms with Crippen LogP contribution in [-0.4, -0.2) is 29.7 Å². The molecule has 0 N–H and O–H groups in total. The first kappa shape index (κ1) is 32.9. The summed E-state index contributed by atoms with van der Waals surface area (Å²) >= 11 is 12.9. The van der Waals surface area contributed by atoms with Crippen LogP contribution < -0.4 is 4.90 Å². The zero-order valence-corrected chi connectivity index (χ0v) is 29.2. The SMILES string of the molecule is CC(C)OC(=O)c1cccc(N2C(=O)[C@@H]3[C@@H](C2=O)[C@@]2(c4ccc(Cl)cc4)C(=O)[C@@]3(c3ccc(Cl)cc3)C(c3ccccc3)=C2c2ccccc2)c1. The van der Waals surface area contributed by atoms with E-state index >= 15 is 14.4 Å². The molecule has 0 spiro atoms. The van der Waals surface area contributed by atoms with Crippen LogP contribution >= 0.6 is 23.2 Å². The third kappa shape index (κ3) is 4.63. The van der Waals surface area contributed by atoms with E-state index in [1.54, 1.807) is 80.6 Å². The lowest BCUT2D eigenvalue weighted by molar-refractivity contribution is -0.130. The van der Waals surface area contributed by atoms with Crippen molar-refractivity contribution in [1.29, 1.82) is 0 Å². The zero-order valence-electron chi connectivity index (χ0n) is 27.7. The van der Waals surface area contributed by atoms with Gasteiger partial charge in [-0.05, 0) is 89.7 Å². The molecule has 2 amide bonds. The normalized spacial score (nSPS) is 23.7. The average Bonchev–Trinajstić information content (AvgIpc) is 3.64. The lowest BCUT2D eigenvalue weighted by Gasteiger charge is -2.39. The van der Waals surface area contributed by atoms with Gasteiger partial charge < -0.3 is 4.74 Å². The second-order valence-electron chi connectivity index (χ2n) is 13.4. The largest absolute Gasteiger partial charge is 0.459 e. The molecule has 252 valence electrons. The number of carbonyl (C=O) groups is 4. The molecule has 0 aromatic heterocycles. The molecule has 4 atom stereocenters. The Hall–Kier alpha value is -5.30. The minimum absolute atomic E-state index is 0.200. The molecule has 51 heavy (non-hydrogen) atoms. The number of amides is 2. The number of hydrogen-bond donors (Lipinski definition) is 0. The van der Waals surface area contributed by atoms with Crippen LogP contribution in [0.5, 0.6) is 0 Å². The number of nitrogens with zero attached hydrogens (tertiary/aromatic N) is 1. The fraction of sp³-hybridized carbons (Fsp3) is 0.163. The summed E-state index contributed by atoms with van der Waals surface area (Å²) in [5.41, 5.74) is 1.18. The summed E-state index contributed by atoms with van der Waals surface area (Å²) < 4.78 is 5.43. The molecule has 2 fully saturated rings. The van der Waals surface area contributed by atoms with E-state index in [-0.39, 0.29) is 23.1 Å². The number of esters is 1. The fourth-order valence-electron chi connectivity index (χ4n) is 8.67. The summed E-state index contributed by atoms with van der Waals surface area (Å²) in [6.07, 6.45) is -0.366.